The molecule has 1 aromatic carbocycles. The van der Waals surface area contributed by atoms with Gasteiger partial charge in [-0.3, -0.25) is 14.4 Å². The maximum Gasteiger partial charge on any atom is 0.341 e. The number of anilines is 1. The van der Waals surface area contributed by atoms with Gasteiger partial charge in [-0.05, 0) is 31.0 Å². The average Bonchev–Trinajstić information content (AvgIpc) is 3.32. The zero-order valence-electron chi connectivity index (χ0n) is 17.9. The number of aromatic amines is 1. The van der Waals surface area contributed by atoms with Crippen molar-refractivity contribution in [2.75, 3.05) is 25.6 Å². The number of aromatic nitrogens is 1. The molecule has 168 valence electrons. The highest BCUT2D eigenvalue weighted by Crippen LogP contribution is 2.33. The Bertz CT molecular complexity index is 1180. The van der Waals surface area contributed by atoms with E-state index in [0.717, 1.165) is 27.8 Å². The van der Waals surface area contributed by atoms with E-state index in [9.17, 15) is 19.2 Å². The van der Waals surface area contributed by atoms with Gasteiger partial charge < -0.3 is 25.1 Å². The summed E-state index contributed by atoms with van der Waals surface area (Å²) in [5, 5.41) is 6.11. The molecule has 2 heterocycles. The van der Waals surface area contributed by atoms with Crippen LogP contribution in [-0.2, 0) is 25.5 Å². The fourth-order valence-corrected chi connectivity index (χ4v) is 4.33. The Kier molecular flexibility index (Phi) is 7.26. The molecule has 0 bridgehead atoms. The first kappa shape index (κ1) is 23.0. The van der Waals surface area contributed by atoms with Crippen molar-refractivity contribution >= 4 is 51.0 Å². The van der Waals surface area contributed by atoms with Crippen molar-refractivity contribution in [2.24, 2.45) is 0 Å². The molecule has 2 amide bonds. The first-order valence-electron chi connectivity index (χ1n) is 9.88. The van der Waals surface area contributed by atoms with Crippen LogP contribution in [0.2, 0.25) is 0 Å². The summed E-state index contributed by atoms with van der Waals surface area (Å²) in [5.41, 5.74) is 2.17. The molecule has 0 fully saturated rings. The van der Waals surface area contributed by atoms with Crippen molar-refractivity contribution in [3.05, 3.63) is 52.0 Å². The maximum atomic E-state index is 12.4. The Balaban J connectivity index is 1.66. The van der Waals surface area contributed by atoms with E-state index in [1.165, 1.54) is 7.05 Å². The van der Waals surface area contributed by atoms with Crippen molar-refractivity contribution in [3.8, 4) is 0 Å². The Labute approximate surface area is 188 Å². The highest BCUT2D eigenvalue weighted by Gasteiger charge is 2.26. The van der Waals surface area contributed by atoms with Crippen LogP contribution < -0.4 is 10.6 Å². The van der Waals surface area contributed by atoms with Crippen molar-refractivity contribution < 1.29 is 28.7 Å². The van der Waals surface area contributed by atoms with E-state index in [1.54, 1.807) is 20.0 Å². The molecular formula is C22H23N3O6S. The normalized spacial score (nSPS) is 10.6. The fraction of sp³-hybridized carbons (Fsp3) is 0.273. The van der Waals surface area contributed by atoms with Gasteiger partial charge in [0.2, 0.25) is 0 Å². The van der Waals surface area contributed by atoms with Crippen LogP contribution in [0.4, 0.5) is 5.00 Å². The second-order valence-electron chi connectivity index (χ2n) is 6.81. The number of carbonyl (C=O) groups excluding carboxylic acids is 4. The van der Waals surface area contributed by atoms with Crippen LogP contribution in [0.5, 0.6) is 0 Å². The summed E-state index contributed by atoms with van der Waals surface area (Å²) in [7, 11) is 1.47. The molecule has 0 aliphatic rings. The molecule has 0 saturated carbocycles. The Morgan fingerprint density at radius 1 is 1.12 bits per heavy atom. The summed E-state index contributed by atoms with van der Waals surface area (Å²) in [6.07, 6.45) is 1.73. The van der Waals surface area contributed by atoms with Gasteiger partial charge in [-0.25, -0.2) is 4.79 Å². The van der Waals surface area contributed by atoms with Crippen LogP contribution in [0.25, 0.3) is 10.9 Å². The van der Waals surface area contributed by atoms with E-state index in [1.807, 2.05) is 24.3 Å². The average molecular weight is 458 g/mol. The van der Waals surface area contributed by atoms with Crippen LogP contribution in [0.3, 0.4) is 0 Å². The van der Waals surface area contributed by atoms with E-state index in [4.69, 9.17) is 9.47 Å². The molecule has 3 N–H and O–H groups in total. The van der Waals surface area contributed by atoms with Gasteiger partial charge in [0.15, 0.2) is 6.61 Å². The number of H-pyrrole nitrogens is 1. The predicted octanol–water partition coefficient (Wildman–Crippen LogP) is 2.80. The van der Waals surface area contributed by atoms with Crippen molar-refractivity contribution in [1.29, 1.82) is 0 Å². The lowest BCUT2D eigenvalue weighted by Gasteiger charge is -2.08. The number of nitrogens with one attached hydrogen (secondary N) is 3. The number of ether oxygens (including phenoxy) is 2. The lowest BCUT2D eigenvalue weighted by Crippen LogP contribution is -2.22. The monoisotopic (exact) mass is 457 g/mol. The topological polar surface area (TPSA) is 127 Å². The largest absolute Gasteiger partial charge is 0.462 e. The molecule has 0 saturated heterocycles. The third-order valence-corrected chi connectivity index (χ3v) is 5.89. The number of hydrogen-bond acceptors (Lipinski definition) is 7. The molecule has 10 heteroatoms. The molecule has 3 rings (SSSR count). The Hall–Kier alpha value is -3.66. The summed E-state index contributed by atoms with van der Waals surface area (Å²) >= 11 is 0.951. The molecule has 0 atom stereocenters. The molecule has 32 heavy (non-hydrogen) atoms. The van der Waals surface area contributed by atoms with Gasteiger partial charge in [0.05, 0.1) is 23.5 Å². The minimum absolute atomic E-state index is 0.00426. The van der Waals surface area contributed by atoms with Gasteiger partial charge in [0, 0.05) is 24.1 Å². The van der Waals surface area contributed by atoms with E-state index < -0.39 is 24.5 Å². The number of fused-ring (bicyclic) bond motifs is 1. The Morgan fingerprint density at radius 2 is 1.88 bits per heavy atom. The minimum atomic E-state index is -0.650. The van der Waals surface area contributed by atoms with Crippen LogP contribution in [0.15, 0.2) is 30.5 Å². The van der Waals surface area contributed by atoms with E-state index in [-0.39, 0.29) is 34.4 Å². The number of thiophene rings is 1. The van der Waals surface area contributed by atoms with Gasteiger partial charge in [-0.15, -0.1) is 11.3 Å². The standard InChI is InChI=1S/C22H23N3O6S/c1-4-30-22(29)18-12(2)19(20(28)23-3)32-21(18)25-16(26)11-31-17(27)9-13-10-24-15-8-6-5-7-14(13)15/h5-8,10,24H,4,9,11H2,1-3H3,(H,23,28)(H,25,26). The highest BCUT2D eigenvalue weighted by molar-refractivity contribution is 7.18. The molecule has 2 aromatic heterocycles. The smallest absolute Gasteiger partial charge is 0.341 e. The molecular weight excluding hydrogens is 434 g/mol. The molecule has 0 unspecified atom stereocenters. The molecule has 3 aromatic rings. The fourth-order valence-electron chi connectivity index (χ4n) is 3.17. The number of para-hydroxylation sites is 1. The molecule has 0 radical (unpaired) electrons. The summed E-state index contributed by atoms with van der Waals surface area (Å²) in [5.74, 6) is -2.23. The number of amides is 2. The molecule has 9 nitrogen and oxygen atoms in total. The highest BCUT2D eigenvalue weighted by atomic mass is 32.1. The number of carbonyl (C=O) groups is 4. The SMILES string of the molecule is CCOC(=O)c1c(NC(=O)COC(=O)Cc2c[nH]c3ccccc23)sc(C(=O)NC)c1C. The third kappa shape index (κ3) is 4.97. The molecule has 0 aliphatic carbocycles. The van der Waals surface area contributed by atoms with Gasteiger partial charge >= 0.3 is 11.9 Å². The maximum absolute atomic E-state index is 12.4. The lowest BCUT2D eigenvalue weighted by atomic mass is 10.1. The second kappa shape index (κ2) is 10.1. The number of benzene rings is 1. The van der Waals surface area contributed by atoms with Gasteiger partial charge in [-0.2, -0.15) is 0 Å². The van der Waals surface area contributed by atoms with Crippen molar-refractivity contribution in [1.82, 2.24) is 10.3 Å². The first-order chi connectivity index (χ1) is 15.3. The summed E-state index contributed by atoms with van der Waals surface area (Å²) in [6, 6.07) is 7.55. The molecule has 0 spiro atoms. The summed E-state index contributed by atoms with van der Waals surface area (Å²) < 4.78 is 10.1. The minimum Gasteiger partial charge on any atom is -0.462 e. The first-order valence-corrected chi connectivity index (χ1v) is 10.7. The van der Waals surface area contributed by atoms with Gasteiger partial charge in [0.1, 0.15) is 5.00 Å². The zero-order chi connectivity index (χ0) is 23.3. The van der Waals surface area contributed by atoms with E-state index in [2.05, 4.69) is 15.6 Å². The quantitative estimate of drug-likeness (QED) is 0.447. The number of esters is 2. The second-order valence-corrected chi connectivity index (χ2v) is 7.83. The Morgan fingerprint density at radius 3 is 2.59 bits per heavy atom. The summed E-state index contributed by atoms with van der Waals surface area (Å²) in [6.45, 7) is 2.87. The lowest BCUT2D eigenvalue weighted by molar-refractivity contribution is -0.146. The van der Waals surface area contributed by atoms with Crippen molar-refractivity contribution in [3.63, 3.8) is 0 Å². The van der Waals surface area contributed by atoms with Crippen LogP contribution >= 0.6 is 11.3 Å². The van der Waals surface area contributed by atoms with Crippen LogP contribution in [0, 0.1) is 6.92 Å². The summed E-state index contributed by atoms with van der Waals surface area (Å²) in [4.78, 5) is 52.4. The third-order valence-electron chi connectivity index (χ3n) is 4.69. The van der Waals surface area contributed by atoms with Gasteiger partial charge in [0.25, 0.3) is 11.8 Å². The van der Waals surface area contributed by atoms with Crippen molar-refractivity contribution in [2.45, 2.75) is 20.3 Å². The number of rotatable bonds is 8. The zero-order valence-corrected chi connectivity index (χ0v) is 18.7. The van der Waals surface area contributed by atoms with E-state index >= 15 is 0 Å². The predicted molar refractivity (Wildman–Crippen MR) is 120 cm³/mol. The number of hydrogen-bond donors (Lipinski definition) is 3. The van der Waals surface area contributed by atoms with Gasteiger partial charge in [-0.1, -0.05) is 18.2 Å². The molecule has 0 aliphatic heterocycles. The van der Waals surface area contributed by atoms with Crippen LogP contribution in [0.1, 0.15) is 38.1 Å². The van der Waals surface area contributed by atoms with Crippen LogP contribution in [-0.4, -0.2) is 49.0 Å². The van der Waals surface area contributed by atoms with E-state index in [0.29, 0.717) is 5.56 Å².